The summed E-state index contributed by atoms with van der Waals surface area (Å²) in [4.78, 5) is 13.6. The number of nitrogens with zero attached hydrogens (tertiary/aromatic N) is 1. The van der Waals surface area contributed by atoms with Crippen molar-refractivity contribution in [1.29, 1.82) is 0 Å². The average Bonchev–Trinajstić information content (AvgIpc) is 3.15. The lowest BCUT2D eigenvalue weighted by Gasteiger charge is -2.28. The van der Waals surface area contributed by atoms with E-state index in [0.717, 1.165) is 50.8 Å². The molecule has 0 saturated carbocycles. The smallest absolute Gasteiger partial charge is 0.150 e. The van der Waals surface area contributed by atoms with Gasteiger partial charge in [0.2, 0.25) is 0 Å². The van der Waals surface area contributed by atoms with Crippen molar-refractivity contribution in [3.8, 4) is 22.3 Å². The topological polar surface area (TPSA) is 29.5 Å². The number of carbonyl (C=O) groups is 1. The molecular formula is C44H33NO2. The van der Waals surface area contributed by atoms with Gasteiger partial charge < -0.3 is 9.64 Å². The van der Waals surface area contributed by atoms with E-state index in [-0.39, 0.29) is 0 Å². The first-order chi connectivity index (χ1) is 23.3. The van der Waals surface area contributed by atoms with Crippen molar-refractivity contribution in [2.45, 2.75) is 6.61 Å². The quantitative estimate of drug-likeness (QED) is 0.114. The summed E-state index contributed by atoms with van der Waals surface area (Å²) in [6, 6.07) is 58.9. The van der Waals surface area contributed by atoms with Crippen molar-refractivity contribution in [2.75, 3.05) is 4.90 Å². The van der Waals surface area contributed by atoms with Gasteiger partial charge in [0, 0.05) is 22.5 Å². The second-order valence-corrected chi connectivity index (χ2v) is 11.4. The average molecular weight is 608 g/mol. The molecular weight excluding hydrogens is 574 g/mol. The highest BCUT2D eigenvalue weighted by atomic mass is 16.5. The fraction of sp³-hybridized carbons (Fsp3) is 0.0227. The monoisotopic (exact) mass is 607 g/mol. The predicted octanol–water partition coefficient (Wildman–Crippen LogP) is 11.6. The van der Waals surface area contributed by atoms with E-state index < -0.39 is 0 Å². The van der Waals surface area contributed by atoms with Crippen molar-refractivity contribution >= 4 is 40.2 Å². The summed E-state index contributed by atoms with van der Waals surface area (Å²) in [5.74, 6) is 0. The second kappa shape index (κ2) is 13.8. The van der Waals surface area contributed by atoms with E-state index in [4.69, 9.17) is 4.74 Å². The third kappa shape index (κ3) is 6.61. The van der Waals surface area contributed by atoms with E-state index in [1.165, 1.54) is 16.7 Å². The zero-order valence-electron chi connectivity index (χ0n) is 25.9. The summed E-state index contributed by atoms with van der Waals surface area (Å²) in [7, 11) is 0. The highest BCUT2D eigenvalue weighted by Crippen LogP contribution is 2.42. The fourth-order valence-electron chi connectivity index (χ4n) is 5.93. The minimum Gasteiger partial charge on any atom is -0.496 e. The fourth-order valence-corrected chi connectivity index (χ4v) is 5.93. The van der Waals surface area contributed by atoms with Crippen LogP contribution < -0.4 is 4.90 Å². The molecule has 0 bridgehead atoms. The summed E-state index contributed by atoms with van der Waals surface area (Å²) in [6.07, 6.45) is 4.51. The maximum Gasteiger partial charge on any atom is 0.150 e. The number of ether oxygens (including phenoxy) is 1. The van der Waals surface area contributed by atoms with E-state index >= 15 is 0 Å². The maximum atomic E-state index is 11.3. The summed E-state index contributed by atoms with van der Waals surface area (Å²) in [5, 5.41) is 2.28. The van der Waals surface area contributed by atoms with Crippen LogP contribution in [0.25, 0.3) is 39.1 Å². The minimum absolute atomic E-state index is 0.342. The molecule has 47 heavy (non-hydrogen) atoms. The molecule has 7 aromatic rings. The van der Waals surface area contributed by atoms with E-state index in [0.29, 0.717) is 12.2 Å². The predicted molar refractivity (Wildman–Crippen MR) is 195 cm³/mol. The van der Waals surface area contributed by atoms with Gasteiger partial charge in [-0.05, 0) is 81.1 Å². The molecule has 0 saturated heterocycles. The SMILES string of the molecule is O=Cc1ccccc1COC=Cc1ccc2cc(N(c3ccc(-c4ccccc4)cc3)c3ccccc3-c3ccccc3)ccc2c1. The molecule has 7 aromatic carbocycles. The molecule has 226 valence electrons. The second-order valence-electron chi connectivity index (χ2n) is 11.4. The van der Waals surface area contributed by atoms with E-state index in [1.807, 2.05) is 30.3 Å². The molecule has 0 aliphatic rings. The van der Waals surface area contributed by atoms with Crippen LogP contribution in [-0.4, -0.2) is 6.29 Å². The molecule has 0 aliphatic carbocycles. The largest absolute Gasteiger partial charge is 0.496 e. The number of hydrogen-bond acceptors (Lipinski definition) is 3. The van der Waals surface area contributed by atoms with Gasteiger partial charge in [-0.3, -0.25) is 4.79 Å². The molecule has 0 N–H and O–H groups in total. The van der Waals surface area contributed by atoms with Crippen LogP contribution >= 0.6 is 0 Å². The van der Waals surface area contributed by atoms with Gasteiger partial charge in [-0.1, -0.05) is 133 Å². The normalized spacial score (nSPS) is 11.1. The lowest BCUT2D eigenvalue weighted by molar-refractivity contribution is 0.112. The van der Waals surface area contributed by atoms with Gasteiger partial charge >= 0.3 is 0 Å². The minimum atomic E-state index is 0.342. The Labute approximate surface area is 275 Å². The molecule has 0 unspecified atom stereocenters. The van der Waals surface area contributed by atoms with Crippen LogP contribution in [0.5, 0.6) is 0 Å². The van der Waals surface area contributed by atoms with Crippen molar-refractivity contribution in [3.05, 3.63) is 193 Å². The number of hydrogen-bond donors (Lipinski definition) is 0. The molecule has 0 atom stereocenters. The van der Waals surface area contributed by atoms with E-state index in [9.17, 15) is 4.79 Å². The summed E-state index contributed by atoms with van der Waals surface area (Å²) in [5.41, 5.74) is 10.5. The first kappa shape index (κ1) is 29.5. The number of anilines is 3. The first-order valence-corrected chi connectivity index (χ1v) is 15.7. The molecule has 0 heterocycles. The molecule has 0 fully saturated rings. The van der Waals surface area contributed by atoms with E-state index in [2.05, 4.69) is 144 Å². The van der Waals surface area contributed by atoms with E-state index in [1.54, 1.807) is 12.3 Å². The first-order valence-electron chi connectivity index (χ1n) is 15.7. The van der Waals surface area contributed by atoms with Crippen LogP contribution in [0.3, 0.4) is 0 Å². The van der Waals surface area contributed by atoms with Crippen LogP contribution in [0.2, 0.25) is 0 Å². The number of benzene rings is 7. The van der Waals surface area contributed by atoms with Crippen LogP contribution in [0.15, 0.2) is 176 Å². The lowest BCUT2D eigenvalue weighted by Crippen LogP contribution is -2.11. The lowest BCUT2D eigenvalue weighted by atomic mass is 10.0. The van der Waals surface area contributed by atoms with Gasteiger partial charge in [-0.25, -0.2) is 0 Å². The molecule has 3 heteroatoms. The van der Waals surface area contributed by atoms with Crippen molar-refractivity contribution in [1.82, 2.24) is 0 Å². The number of aldehydes is 1. The Morgan fingerprint density at radius 3 is 1.94 bits per heavy atom. The Morgan fingerprint density at radius 2 is 1.15 bits per heavy atom. The number of fused-ring (bicyclic) bond motifs is 1. The molecule has 0 aromatic heterocycles. The zero-order valence-corrected chi connectivity index (χ0v) is 25.9. The van der Waals surface area contributed by atoms with Gasteiger partial charge in [0.05, 0.1) is 11.9 Å². The van der Waals surface area contributed by atoms with Crippen molar-refractivity contribution in [2.24, 2.45) is 0 Å². The maximum absolute atomic E-state index is 11.3. The van der Waals surface area contributed by atoms with Gasteiger partial charge in [0.15, 0.2) is 0 Å². The molecule has 0 amide bonds. The highest BCUT2D eigenvalue weighted by molar-refractivity contribution is 5.93. The third-order valence-electron chi connectivity index (χ3n) is 8.35. The Hall–Kier alpha value is -6.19. The Bertz CT molecular complexity index is 2150. The van der Waals surface area contributed by atoms with Gasteiger partial charge in [-0.15, -0.1) is 0 Å². The third-order valence-corrected chi connectivity index (χ3v) is 8.35. The molecule has 3 nitrogen and oxygen atoms in total. The van der Waals surface area contributed by atoms with Crippen molar-refractivity contribution in [3.63, 3.8) is 0 Å². The summed E-state index contributed by atoms with van der Waals surface area (Å²) in [6.45, 7) is 0.342. The number of para-hydroxylation sites is 1. The number of rotatable bonds is 10. The van der Waals surface area contributed by atoms with Gasteiger partial charge in [0.25, 0.3) is 0 Å². The summed E-state index contributed by atoms with van der Waals surface area (Å²) >= 11 is 0. The molecule has 0 aliphatic heterocycles. The van der Waals surface area contributed by atoms with Gasteiger partial charge in [-0.2, -0.15) is 0 Å². The Kier molecular flexibility index (Phi) is 8.70. The van der Waals surface area contributed by atoms with Crippen molar-refractivity contribution < 1.29 is 9.53 Å². The van der Waals surface area contributed by atoms with Crippen LogP contribution in [-0.2, 0) is 11.3 Å². The van der Waals surface area contributed by atoms with Crippen LogP contribution in [0.1, 0.15) is 21.5 Å². The van der Waals surface area contributed by atoms with Crippen LogP contribution in [0, 0.1) is 0 Å². The molecule has 7 rings (SSSR count). The molecule has 0 spiro atoms. The summed E-state index contributed by atoms with van der Waals surface area (Å²) < 4.78 is 5.76. The van der Waals surface area contributed by atoms with Crippen LogP contribution in [0.4, 0.5) is 17.1 Å². The van der Waals surface area contributed by atoms with Gasteiger partial charge in [0.1, 0.15) is 12.9 Å². The zero-order chi connectivity index (χ0) is 31.8. The standard InChI is InChI=1S/C44H33NO2/c46-31-39-15-7-8-16-40(39)32-47-28-27-33-19-20-38-30-42(26-23-37(38)29-33)45(41-24-21-35(22-25-41)34-11-3-1-4-12-34)44-18-10-9-17-43(44)36-13-5-2-6-14-36/h1-31H,32H2. The number of carbonyl (C=O) groups excluding carboxylic acids is 1. The Balaban J connectivity index is 1.22. The highest BCUT2D eigenvalue weighted by Gasteiger charge is 2.17. The Morgan fingerprint density at radius 1 is 0.532 bits per heavy atom. The molecule has 0 radical (unpaired) electrons.